The van der Waals surface area contributed by atoms with Gasteiger partial charge < -0.3 is 4.98 Å². The van der Waals surface area contributed by atoms with Crippen molar-refractivity contribution in [3.05, 3.63) is 61.7 Å². The van der Waals surface area contributed by atoms with Crippen molar-refractivity contribution >= 4 is 5.78 Å². The average Bonchev–Trinajstić information content (AvgIpc) is 2.36. The Morgan fingerprint density at radius 3 is 2.55 bits per heavy atom. The fraction of sp³-hybridized carbons (Fsp3) is 0.286. The van der Waals surface area contributed by atoms with Gasteiger partial charge in [0.05, 0.1) is 0 Å². The van der Waals surface area contributed by atoms with E-state index in [4.69, 9.17) is 0 Å². The number of pyridine rings is 1. The normalized spacial score (nSPS) is 10.8. The van der Waals surface area contributed by atoms with E-state index in [-0.39, 0.29) is 22.9 Å². The fourth-order valence-electron chi connectivity index (χ4n) is 2.01. The second-order valence-corrected chi connectivity index (χ2v) is 4.90. The zero-order valence-electron chi connectivity index (χ0n) is 11.5. The molecule has 2 rings (SSSR count). The van der Waals surface area contributed by atoms with Crippen molar-refractivity contribution in [1.82, 2.24) is 15.0 Å². The average molecular weight is 273 g/mol. The number of aromatic amines is 2. The van der Waals surface area contributed by atoms with Crippen LogP contribution in [0.2, 0.25) is 0 Å². The highest BCUT2D eigenvalue weighted by Crippen LogP contribution is 2.15. The van der Waals surface area contributed by atoms with Gasteiger partial charge >= 0.3 is 5.69 Å². The Bertz CT molecular complexity index is 772. The van der Waals surface area contributed by atoms with Crippen molar-refractivity contribution in [2.75, 3.05) is 0 Å². The molecule has 0 radical (unpaired) electrons. The summed E-state index contributed by atoms with van der Waals surface area (Å²) in [6, 6.07) is 3.38. The summed E-state index contributed by atoms with van der Waals surface area (Å²) in [6.45, 7) is 5.40. The van der Waals surface area contributed by atoms with Gasteiger partial charge in [0, 0.05) is 11.8 Å². The molecule has 0 fully saturated rings. The summed E-state index contributed by atoms with van der Waals surface area (Å²) in [7, 11) is 0. The molecule has 0 saturated heterocycles. The van der Waals surface area contributed by atoms with E-state index in [1.165, 1.54) is 6.20 Å². The van der Waals surface area contributed by atoms with Crippen LogP contribution in [0.25, 0.3) is 0 Å². The molecule has 20 heavy (non-hydrogen) atoms. The molecule has 0 aliphatic rings. The monoisotopic (exact) mass is 273 g/mol. The molecule has 0 amide bonds. The number of carbonyl (C=O) groups excluding carboxylic acids is 1. The first-order valence-corrected chi connectivity index (χ1v) is 6.24. The smallest absolute Gasteiger partial charge is 0.304 e. The number of H-pyrrole nitrogens is 2. The Kier molecular flexibility index (Phi) is 3.65. The Balaban J connectivity index is 2.66. The highest BCUT2D eigenvalue weighted by molar-refractivity contribution is 6.07. The van der Waals surface area contributed by atoms with Crippen molar-refractivity contribution in [3.8, 4) is 0 Å². The third-order valence-corrected chi connectivity index (χ3v) is 2.93. The second kappa shape index (κ2) is 5.24. The Labute approximate surface area is 114 Å². The van der Waals surface area contributed by atoms with Gasteiger partial charge in [-0.2, -0.15) is 0 Å². The third-order valence-electron chi connectivity index (χ3n) is 2.93. The molecule has 0 aliphatic carbocycles. The van der Waals surface area contributed by atoms with Crippen molar-refractivity contribution in [2.24, 2.45) is 0 Å². The largest absolute Gasteiger partial charge is 0.326 e. The predicted molar refractivity (Wildman–Crippen MR) is 74.2 cm³/mol. The number of aromatic nitrogens is 3. The Morgan fingerprint density at radius 1 is 1.25 bits per heavy atom. The molecule has 0 atom stereocenters. The van der Waals surface area contributed by atoms with Gasteiger partial charge in [-0.15, -0.1) is 0 Å². The molecule has 2 heterocycles. The molecule has 6 heteroatoms. The molecule has 0 spiro atoms. The summed E-state index contributed by atoms with van der Waals surface area (Å²) < 4.78 is 0. The van der Waals surface area contributed by atoms with Crippen molar-refractivity contribution < 1.29 is 4.79 Å². The first kappa shape index (κ1) is 13.9. The number of nitrogens with one attached hydrogen (secondary N) is 2. The highest BCUT2D eigenvalue weighted by Gasteiger charge is 2.21. The number of hydrogen-bond acceptors (Lipinski definition) is 4. The molecule has 0 aliphatic heterocycles. The van der Waals surface area contributed by atoms with Gasteiger partial charge in [0.15, 0.2) is 0 Å². The predicted octanol–water partition coefficient (Wildman–Crippen LogP) is 1.12. The van der Waals surface area contributed by atoms with Gasteiger partial charge in [-0.25, -0.2) is 4.79 Å². The van der Waals surface area contributed by atoms with Crippen LogP contribution < -0.4 is 11.2 Å². The molecular weight excluding hydrogens is 258 g/mol. The van der Waals surface area contributed by atoms with Crippen LogP contribution >= 0.6 is 0 Å². The number of aryl methyl sites for hydroxylation is 1. The van der Waals surface area contributed by atoms with E-state index in [2.05, 4.69) is 15.0 Å². The van der Waals surface area contributed by atoms with Crippen LogP contribution in [0.1, 0.15) is 47.1 Å². The van der Waals surface area contributed by atoms with E-state index in [0.717, 1.165) is 5.56 Å². The maximum absolute atomic E-state index is 12.4. The van der Waals surface area contributed by atoms with Crippen LogP contribution in [0, 0.1) is 6.92 Å². The second-order valence-electron chi connectivity index (χ2n) is 4.90. The van der Waals surface area contributed by atoms with Crippen LogP contribution in [0.5, 0.6) is 0 Å². The first-order valence-electron chi connectivity index (χ1n) is 6.24. The Morgan fingerprint density at radius 2 is 1.95 bits per heavy atom. The van der Waals surface area contributed by atoms with Gasteiger partial charge in [0.25, 0.3) is 5.56 Å². The van der Waals surface area contributed by atoms with E-state index < -0.39 is 17.0 Å². The minimum absolute atomic E-state index is 0.00634. The molecule has 6 nitrogen and oxygen atoms in total. The molecule has 2 N–H and O–H groups in total. The van der Waals surface area contributed by atoms with Crippen LogP contribution in [0.15, 0.2) is 27.9 Å². The molecular formula is C14H15N3O3. The maximum Gasteiger partial charge on any atom is 0.326 e. The van der Waals surface area contributed by atoms with Gasteiger partial charge in [-0.1, -0.05) is 13.8 Å². The number of rotatable bonds is 3. The number of ketones is 1. The first-order chi connectivity index (χ1) is 9.40. The quantitative estimate of drug-likeness (QED) is 0.819. The molecule has 0 bridgehead atoms. The lowest BCUT2D eigenvalue weighted by molar-refractivity contribution is 0.102. The van der Waals surface area contributed by atoms with E-state index in [9.17, 15) is 14.4 Å². The van der Waals surface area contributed by atoms with Crippen LogP contribution in [0.3, 0.4) is 0 Å². The number of hydrogen-bond donors (Lipinski definition) is 2. The maximum atomic E-state index is 12.4. The van der Waals surface area contributed by atoms with Crippen molar-refractivity contribution in [3.63, 3.8) is 0 Å². The Hall–Kier alpha value is -2.50. The third kappa shape index (κ3) is 2.59. The highest BCUT2D eigenvalue weighted by atomic mass is 16.2. The SMILES string of the molecule is Cc1ccnc(C(=O)c2[nH]c(=O)[nH]c(=O)c2C(C)C)c1. The summed E-state index contributed by atoms with van der Waals surface area (Å²) in [5, 5.41) is 0. The zero-order valence-corrected chi connectivity index (χ0v) is 11.5. The van der Waals surface area contributed by atoms with E-state index >= 15 is 0 Å². The minimum Gasteiger partial charge on any atom is -0.304 e. The standard InChI is InChI=1S/C14H15N3O3/c1-7(2)10-11(16-14(20)17-13(10)19)12(18)9-6-8(3)4-5-15-9/h4-7H,1-3H3,(H2,16,17,19,20). The molecule has 2 aromatic rings. The lowest BCUT2D eigenvalue weighted by Gasteiger charge is -2.09. The van der Waals surface area contributed by atoms with Crippen LogP contribution in [-0.4, -0.2) is 20.7 Å². The van der Waals surface area contributed by atoms with Crippen molar-refractivity contribution in [1.29, 1.82) is 0 Å². The van der Waals surface area contributed by atoms with E-state index in [1.54, 1.807) is 26.0 Å². The number of nitrogens with zero attached hydrogens (tertiary/aromatic N) is 1. The lowest BCUT2D eigenvalue weighted by atomic mass is 9.99. The minimum atomic E-state index is -0.699. The summed E-state index contributed by atoms with van der Waals surface area (Å²) in [4.78, 5) is 44.3. The van der Waals surface area contributed by atoms with Crippen molar-refractivity contribution in [2.45, 2.75) is 26.7 Å². The molecule has 104 valence electrons. The summed E-state index contributed by atoms with van der Waals surface area (Å²) >= 11 is 0. The number of carbonyl (C=O) groups is 1. The molecule has 0 unspecified atom stereocenters. The summed E-state index contributed by atoms with van der Waals surface area (Å²) in [5.74, 6) is -0.653. The fourth-order valence-corrected chi connectivity index (χ4v) is 2.01. The molecule has 2 aromatic heterocycles. The van der Waals surface area contributed by atoms with Gasteiger partial charge in [0.1, 0.15) is 11.4 Å². The van der Waals surface area contributed by atoms with Gasteiger partial charge in [-0.3, -0.25) is 19.6 Å². The van der Waals surface area contributed by atoms with Crippen LogP contribution in [0.4, 0.5) is 0 Å². The molecule has 0 saturated carbocycles. The van der Waals surface area contributed by atoms with E-state index in [0.29, 0.717) is 0 Å². The van der Waals surface area contributed by atoms with Gasteiger partial charge in [-0.05, 0) is 30.5 Å². The van der Waals surface area contributed by atoms with Crippen LogP contribution in [-0.2, 0) is 0 Å². The molecule has 0 aromatic carbocycles. The van der Waals surface area contributed by atoms with Gasteiger partial charge in [0.2, 0.25) is 5.78 Å². The topological polar surface area (TPSA) is 95.7 Å². The zero-order chi connectivity index (χ0) is 14.9. The lowest BCUT2D eigenvalue weighted by Crippen LogP contribution is -2.31. The summed E-state index contributed by atoms with van der Waals surface area (Å²) in [6.07, 6.45) is 1.52. The van der Waals surface area contributed by atoms with E-state index in [1.807, 2.05) is 6.92 Å². The summed E-state index contributed by atoms with van der Waals surface area (Å²) in [5.41, 5.74) is 0.106.